The zero-order valence-corrected chi connectivity index (χ0v) is 24.9. The number of ketones is 2. The maximum absolute atomic E-state index is 15.0. The Bertz CT molecular complexity index is 1730. The smallest absolute Gasteiger partial charge is 0.410 e. The molecule has 2 aromatic carbocycles. The molecule has 2 aliphatic heterocycles. The van der Waals surface area contributed by atoms with Crippen molar-refractivity contribution in [3.63, 3.8) is 0 Å². The molecule has 44 heavy (non-hydrogen) atoms. The lowest BCUT2D eigenvalue weighted by Crippen LogP contribution is -2.46. The Kier molecular flexibility index (Phi) is 8.04. The highest BCUT2D eigenvalue weighted by molar-refractivity contribution is 6.24. The average molecular weight is 601 g/mol. The van der Waals surface area contributed by atoms with Gasteiger partial charge in [-0.3, -0.25) is 24.5 Å². The minimum absolute atomic E-state index is 0.0115. The van der Waals surface area contributed by atoms with Gasteiger partial charge in [0.05, 0.1) is 42.1 Å². The van der Waals surface area contributed by atoms with Gasteiger partial charge in [-0.15, -0.1) is 0 Å². The van der Waals surface area contributed by atoms with Crippen LogP contribution in [0, 0.1) is 23.0 Å². The van der Waals surface area contributed by atoms with E-state index in [1.165, 1.54) is 30.2 Å². The highest BCUT2D eigenvalue weighted by atomic mass is 19.1. The highest BCUT2D eigenvalue weighted by Gasteiger charge is 2.44. The van der Waals surface area contributed by atoms with Gasteiger partial charge >= 0.3 is 6.09 Å². The quantitative estimate of drug-likeness (QED) is 0.304. The monoisotopic (exact) mass is 600 g/mol. The molecule has 1 saturated heterocycles. The van der Waals surface area contributed by atoms with Crippen molar-refractivity contribution >= 4 is 29.1 Å². The summed E-state index contributed by atoms with van der Waals surface area (Å²) >= 11 is 0. The number of ether oxygens (including phenoxy) is 2. The van der Waals surface area contributed by atoms with Gasteiger partial charge in [0.15, 0.2) is 29.0 Å². The molecule has 0 N–H and O–H groups in total. The molecule has 11 heteroatoms. The maximum atomic E-state index is 15.0. The summed E-state index contributed by atoms with van der Waals surface area (Å²) in [6.45, 7) is 6.94. The second kappa shape index (κ2) is 11.6. The van der Waals surface area contributed by atoms with Crippen LogP contribution in [0.4, 0.5) is 19.3 Å². The van der Waals surface area contributed by atoms with E-state index >= 15 is 8.78 Å². The third-order valence-corrected chi connectivity index (χ3v) is 7.52. The zero-order chi connectivity index (χ0) is 31.9. The van der Waals surface area contributed by atoms with Crippen LogP contribution in [0.3, 0.4) is 0 Å². The molecule has 2 aliphatic rings. The van der Waals surface area contributed by atoms with Crippen LogP contribution < -0.4 is 4.74 Å². The number of rotatable bonds is 5. The number of nitrogens with zero attached hydrogens (tertiary/aromatic N) is 4. The number of hydrogen-bond acceptors (Lipinski definition) is 8. The molecule has 0 saturated carbocycles. The molecule has 0 radical (unpaired) electrons. The Morgan fingerprint density at radius 1 is 1.09 bits per heavy atom. The molecule has 226 valence electrons. The number of benzene rings is 2. The Labute approximate surface area is 253 Å². The number of carbonyl (C=O) groups excluding carboxylic acids is 3. The fourth-order valence-corrected chi connectivity index (χ4v) is 5.62. The SMILES string of the molecule is COc1c(F)cc(C2C(=O)c3cc(C#N)cc(-c4ccc(C(C)=O)nc4)c3N=C2C2CCCN2C(=O)OC(C)(C)C)cc1F. The molecular formula is C33H30F2N4O5. The van der Waals surface area contributed by atoms with Crippen molar-refractivity contribution in [2.24, 2.45) is 4.99 Å². The van der Waals surface area contributed by atoms with Gasteiger partial charge in [-0.25, -0.2) is 13.6 Å². The predicted molar refractivity (Wildman–Crippen MR) is 157 cm³/mol. The Morgan fingerprint density at radius 2 is 1.77 bits per heavy atom. The van der Waals surface area contributed by atoms with Crippen molar-refractivity contribution in [2.45, 2.75) is 58.1 Å². The third kappa shape index (κ3) is 5.67. The van der Waals surface area contributed by atoms with Crippen LogP contribution in [0.25, 0.3) is 11.1 Å². The molecule has 9 nitrogen and oxygen atoms in total. The van der Waals surface area contributed by atoms with Gasteiger partial charge in [0.1, 0.15) is 11.3 Å². The van der Waals surface area contributed by atoms with Crippen LogP contribution >= 0.6 is 0 Å². The van der Waals surface area contributed by atoms with Gasteiger partial charge in [-0.1, -0.05) is 6.07 Å². The number of nitriles is 1. The zero-order valence-electron chi connectivity index (χ0n) is 24.9. The molecule has 3 heterocycles. The topological polar surface area (TPSA) is 122 Å². The van der Waals surface area contributed by atoms with E-state index in [9.17, 15) is 19.6 Å². The summed E-state index contributed by atoms with van der Waals surface area (Å²) in [5.74, 6) is -4.65. The second-order valence-corrected chi connectivity index (χ2v) is 11.7. The summed E-state index contributed by atoms with van der Waals surface area (Å²) in [7, 11) is 1.13. The summed E-state index contributed by atoms with van der Waals surface area (Å²) in [6, 6.07) is 9.51. The number of methoxy groups -OCH3 is 1. The number of carbonyl (C=O) groups is 3. The Hall–Kier alpha value is -4.98. The van der Waals surface area contributed by atoms with E-state index in [1.54, 1.807) is 32.9 Å². The number of hydrogen-bond donors (Lipinski definition) is 0. The van der Waals surface area contributed by atoms with E-state index in [4.69, 9.17) is 14.5 Å². The number of amides is 1. The largest absolute Gasteiger partial charge is 0.491 e. The number of halogens is 2. The highest BCUT2D eigenvalue weighted by Crippen LogP contribution is 2.44. The molecule has 0 bridgehead atoms. The summed E-state index contributed by atoms with van der Waals surface area (Å²) < 4.78 is 40.5. The minimum atomic E-state index is -1.27. The minimum Gasteiger partial charge on any atom is -0.491 e. The molecule has 1 fully saturated rings. The van der Waals surface area contributed by atoms with Crippen LogP contribution in [0.1, 0.15) is 78.4 Å². The van der Waals surface area contributed by atoms with Crippen molar-refractivity contribution < 1.29 is 32.6 Å². The van der Waals surface area contributed by atoms with E-state index in [2.05, 4.69) is 11.1 Å². The van der Waals surface area contributed by atoms with Gasteiger partial charge in [0, 0.05) is 36.4 Å². The molecule has 0 aliphatic carbocycles. The van der Waals surface area contributed by atoms with Crippen molar-refractivity contribution in [2.75, 3.05) is 13.7 Å². The Morgan fingerprint density at radius 3 is 2.34 bits per heavy atom. The molecule has 5 rings (SSSR count). The van der Waals surface area contributed by atoms with Gasteiger partial charge < -0.3 is 9.47 Å². The van der Waals surface area contributed by atoms with Crippen LogP contribution in [0.2, 0.25) is 0 Å². The van der Waals surface area contributed by atoms with Crippen molar-refractivity contribution in [3.05, 3.63) is 76.6 Å². The first-order valence-electron chi connectivity index (χ1n) is 14.0. The molecule has 0 spiro atoms. The number of fused-ring (bicyclic) bond motifs is 1. The van der Waals surface area contributed by atoms with Crippen LogP contribution in [0.5, 0.6) is 5.75 Å². The number of Topliss-reactive ketones (excluding diaryl/α,β-unsaturated/α-hetero) is 2. The van der Waals surface area contributed by atoms with E-state index in [0.717, 1.165) is 19.2 Å². The van der Waals surface area contributed by atoms with E-state index in [0.29, 0.717) is 30.5 Å². The fourth-order valence-electron chi connectivity index (χ4n) is 5.62. The first-order chi connectivity index (χ1) is 20.8. The third-order valence-electron chi connectivity index (χ3n) is 7.52. The van der Waals surface area contributed by atoms with Gasteiger partial charge in [-0.2, -0.15) is 5.26 Å². The lowest BCUT2D eigenvalue weighted by atomic mass is 9.79. The number of likely N-dealkylation sites (tertiary alicyclic amines) is 1. The Balaban J connectivity index is 1.74. The summed E-state index contributed by atoms with van der Waals surface area (Å²) in [5.41, 5.74) is 1.00. The number of aromatic nitrogens is 1. The van der Waals surface area contributed by atoms with Crippen LogP contribution in [-0.2, 0) is 4.74 Å². The lowest BCUT2D eigenvalue weighted by molar-refractivity contribution is 0.0263. The molecule has 3 aromatic rings. The molecule has 1 amide bonds. The first-order valence-corrected chi connectivity index (χ1v) is 14.0. The number of pyridine rings is 1. The molecule has 2 unspecified atom stereocenters. The van der Waals surface area contributed by atoms with E-state index in [1.807, 2.05) is 0 Å². The first kappa shape index (κ1) is 30.5. The van der Waals surface area contributed by atoms with Gasteiger partial charge in [-0.05, 0) is 69.5 Å². The molecular weight excluding hydrogens is 570 g/mol. The summed E-state index contributed by atoms with van der Waals surface area (Å²) in [6.07, 6.45) is 1.86. The van der Waals surface area contributed by atoms with Gasteiger partial charge in [0.25, 0.3) is 0 Å². The fraction of sp³-hybridized carbons (Fsp3) is 0.333. The van der Waals surface area contributed by atoms with Crippen molar-refractivity contribution in [1.82, 2.24) is 9.88 Å². The van der Waals surface area contributed by atoms with Crippen LogP contribution in [0.15, 0.2) is 47.6 Å². The average Bonchev–Trinajstić information content (AvgIpc) is 3.46. The molecule has 2 atom stereocenters. The van der Waals surface area contributed by atoms with E-state index < -0.39 is 46.8 Å². The summed E-state index contributed by atoms with van der Waals surface area (Å²) in [5, 5.41) is 9.81. The van der Waals surface area contributed by atoms with Gasteiger partial charge in [0.2, 0.25) is 0 Å². The lowest BCUT2D eigenvalue weighted by Gasteiger charge is -2.34. The normalized spacial score (nSPS) is 17.9. The predicted octanol–water partition coefficient (Wildman–Crippen LogP) is 6.56. The van der Waals surface area contributed by atoms with Crippen molar-refractivity contribution in [3.8, 4) is 22.9 Å². The summed E-state index contributed by atoms with van der Waals surface area (Å²) in [4.78, 5) is 50.1. The second-order valence-electron chi connectivity index (χ2n) is 11.7. The van der Waals surface area contributed by atoms with Crippen LogP contribution in [-0.4, -0.2) is 58.6 Å². The van der Waals surface area contributed by atoms with Crippen molar-refractivity contribution in [1.29, 1.82) is 5.26 Å². The maximum Gasteiger partial charge on any atom is 0.410 e. The molecule has 1 aromatic heterocycles. The standard InChI is InChI=1S/C33H30F2N4O5/c1-17(40)25-9-8-19(16-37-25)21-11-18(15-36)12-22-28(21)38-29(26-7-6-10-39(26)32(42)44-33(2,3)4)27(30(22)41)20-13-23(34)31(43-5)24(35)14-20/h8-9,11-14,16,26-27H,6-7,10H2,1-5H3. The van der Waals surface area contributed by atoms with E-state index in [-0.39, 0.29) is 39.6 Å². The number of aliphatic imine (C=N–C) groups is 1.